The first-order valence-corrected chi connectivity index (χ1v) is 9.23. The SMILES string of the molecule is CC[C@H](C)[C@H](NC(N)=O)C(=O)Nc1ccc(N2CCCCCC2)cc1. The van der Waals surface area contributed by atoms with Crippen molar-refractivity contribution in [1.29, 1.82) is 0 Å². The van der Waals surface area contributed by atoms with Gasteiger partial charge in [0.2, 0.25) is 5.91 Å². The Bertz CT molecular complexity index is 565. The Balaban J connectivity index is 2.01. The summed E-state index contributed by atoms with van der Waals surface area (Å²) < 4.78 is 0. The fourth-order valence-electron chi connectivity index (χ4n) is 3.16. The molecule has 0 saturated carbocycles. The van der Waals surface area contributed by atoms with Crippen LogP contribution < -0.4 is 21.3 Å². The molecule has 1 heterocycles. The predicted octanol–water partition coefficient (Wildman–Crippen LogP) is 3.09. The Morgan fingerprint density at radius 1 is 1.12 bits per heavy atom. The molecule has 25 heavy (non-hydrogen) atoms. The molecule has 0 unspecified atom stereocenters. The average molecular weight is 346 g/mol. The molecular formula is C19H30N4O2. The zero-order valence-corrected chi connectivity index (χ0v) is 15.3. The molecule has 0 aliphatic carbocycles. The van der Waals surface area contributed by atoms with E-state index in [9.17, 15) is 9.59 Å². The zero-order valence-electron chi connectivity index (χ0n) is 15.3. The number of hydrogen-bond acceptors (Lipinski definition) is 3. The highest BCUT2D eigenvalue weighted by atomic mass is 16.2. The van der Waals surface area contributed by atoms with Crippen LogP contribution in [0.1, 0.15) is 46.0 Å². The molecule has 6 nitrogen and oxygen atoms in total. The Morgan fingerprint density at radius 2 is 1.72 bits per heavy atom. The fraction of sp³-hybridized carbons (Fsp3) is 0.579. The number of benzene rings is 1. The summed E-state index contributed by atoms with van der Waals surface area (Å²) in [5.74, 6) is -0.237. The molecule has 1 saturated heterocycles. The molecule has 0 spiro atoms. The first kappa shape index (κ1) is 19.1. The highest BCUT2D eigenvalue weighted by Gasteiger charge is 2.25. The lowest BCUT2D eigenvalue weighted by molar-refractivity contribution is -0.119. The van der Waals surface area contributed by atoms with E-state index in [1.807, 2.05) is 38.1 Å². The first-order valence-electron chi connectivity index (χ1n) is 9.23. The number of nitrogens with zero attached hydrogens (tertiary/aromatic N) is 1. The highest BCUT2D eigenvalue weighted by molar-refractivity contribution is 5.97. The van der Waals surface area contributed by atoms with Crippen LogP contribution in [0.2, 0.25) is 0 Å². The summed E-state index contributed by atoms with van der Waals surface area (Å²) in [5, 5.41) is 5.42. The van der Waals surface area contributed by atoms with E-state index in [0.29, 0.717) is 0 Å². The summed E-state index contributed by atoms with van der Waals surface area (Å²) in [6.45, 7) is 6.07. The third-order valence-electron chi connectivity index (χ3n) is 4.90. The van der Waals surface area contributed by atoms with Gasteiger partial charge in [0.25, 0.3) is 0 Å². The molecule has 1 fully saturated rings. The number of urea groups is 1. The van der Waals surface area contributed by atoms with Crippen molar-refractivity contribution < 1.29 is 9.59 Å². The molecule has 1 aliphatic rings. The maximum Gasteiger partial charge on any atom is 0.312 e. The van der Waals surface area contributed by atoms with Crippen molar-refractivity contribution in [1.82, 2.24) is 5.32 Å². The van der Waals surface area contributed by atoms with Crippen molar-refractivity contribution >= 4 is 23.3 Å². The van der Waals surface area contributed by atoms with Crippen molar-refractivity contribution in [2.45, 2.75) is 52.0 Å². The molecule has 4 N–H and O–H groups in total. The minimum Gasteiger partial charge on any atom is -0.372 e. The third kappa shape index (κ3) is 5.66. The van der Waals surface area contributed by atoms with Gasteiger partial charge in [0.1, 0.15) is 6.04 Å². The number of carbonyl (C=O) groups excluding carboxylic acids is 2. The van der Waals surface area contributed by atoms with Gasteiger partial charge in [0.05, 0.1) is 0 Å². The monoisotopic (exact) mass is 346 g/mol. The van der Waals surface area contributed by atoms with E-state index in [0.717, 1.165) is 25.2 Å². The van der Waals surface area contributed by atoms with Crippen LogP contribution in [-0.4, -0.2) is 31.1 Å². The van der Waals surface area contributed by atoms with Crippen LogP contribution in [0.15, 0.2) is 24.3 Å². The van der Waals surface area contributed by atoms with Gasteiger partial charge in [-0.3, -0.25) is 4.79 Å². The minimum absolute atomic E-state index is 0.00359. The predicted molar refractivity (Wildman–Crippen MR) is 102 cm³/mol. The second-order valence-corrected chi connectivity index (χ2v) is 6.81. The van der Waals surface area contributed by atoms with Gasteiger partial charge in [-0.05, 0) is 43.0 Å². The van der Waals surface area contributed by atoms with Crippen molar-refractivity contribution in [2.75, 3.05) is 23.3 Å². The molecule has 1 aliphatic heterocycles. The van der Waals surface area contributed by atoms with Crippen molar-refractivity contribution in [3.05, 3.63) is 24.3 Å². The van der Waals surface area contributed by atoms with Crippen molar-refractivity contribution in [3.63, 3.8) is 0 Å². The number of nitrogens with two attached hydrogens (primary N) is 1. The summed E-state index contributed by atoms with van der Waals surface area (Å²) in [6, 6.07) is 6.60. The second-order valence-electron chi connectivity index (χ2n) is 6.81. The number of primary amides is 1. The fourth-order valence-corrected chi connectivity index (χ4v) is 3.16. The van der Waals surface area contributed by atoms with Gasteiger partial charge in [-0.15, -0.1) is 0 Å². The summed E-state index contributed by atoms with van der Waals surface area (Å²) in [4.78, 5) is 26.0. The topological polar surface area (TPSA) is 87.5 Å². The standard InChI is InChI=1S/C19H30N4O2/c1-3-14(2)17(22-19(20)25)18(24)21-15-8-10-16(11-9-15)23-12-6-4-5-7-13-23/h8-11,14,17H,3-7,12-13H2,1-2H3,(H,21,24)(H3,20,22,25)/t14-,17-/m0/s1. The summed E-state index contributed by atoms with van der Waals surface area (Å²) >= 11 is 0. The van der Waals surface area contributed by atoms with Crippen LogP contribution in [0, 0.1) is 5.92 Å². The maximum absolute atomic E-state index is 12.5. The van der Waals surface area contributed by atoms with Crippen LogP contribution in [0.4, 0.5) is 16.2 Å². The Morgan fingerprint density at radius 3 is 2.24 bits per heavy atom. The third-order valence-corrected chi connectivity index (χ3v) is 4.90. The van der Waals surface area contributed by atoms with E-state index >= 15 is 0 Å². The molecule has 1 aromatic carbocycles. The lowest BCUT2D eigenvalue weighted by atomic mass is 9.98. The van der Waals surface area contributed by atoms with Gasteiger partial charge in [0, 0.05) is 24.5 Å². The normalized spacial score (nSPS) is 17.3. The quantitative estimate of drug-likeness (QED) is 0.739. The molecule has 0 radical (unpaired) electrons. The van der Waals surface area contributed by atoms with Gasteiger partial charge in [-0.2, -0.15) is 0 Å². The van der Waals surface area contributed by atoms with Crippen molar-refractivity contribution in [3.8, 4) is 0 Å². The van der Waals surface area contributed by atoms with Crippen molar-refractivity contribution in [2.24, 2.45) is 11.7 Å². The molecule has 0 bridgehead atoms. The van der Waals surface area contributed by atoms with E-state index in [-0.39, 0.29) is 11.8 Å². The summed E-state index contributed by atoms with van der Waals surface area (Å²) in [7, 11) is 0. The van der Waals surface area contributed by atoms with E-state index in [1.54, 1.807) is 0 Å². The molecule has 2 atom stereocenters. The largest absolute Gasteiger partial charge is 0.372 e. The van der Waals surface area contributed by atoms with E-state index < -0.39 is 12.1 Å². The number of carbonyl (C=O) groups is 2. The lowest BCUT2D eigenvalue weighted by Gasteiger charge is -2.24. The maximum atomic E-state index is 12.5. The lowest BCUT2D eigenvalue weighted by Crippen LogP contribution is -2.49. The molecule has 1 aromatic rings. The highest BCUT2D eigenvalue weighted by Crippen LogP contribution is 2.22. The van der Waals surface area contributed by atoms with Crippen LogP contribution in [0.5, 0.6) is 0 Å². The van der Waals surface area contributed by atoms with Gasteiger partial charge in [-0.25, -0.2) is 4.79 Å². The Hall–Kier alpha value is -2.24. The van der Waals surface area contributed by atoms with Gasteiger partial charge in [0.15, 0.2) is 0 Å². The van der Waals surface area contributed by atoms with Gasteiger partial charge < -0.3 is 21.3 Å². The van der Waals surface area contributed by atoms with Gasteiger partial charge >= 0.3 is 6.03 Å². The smallest absolute Gasteiger partial charge is 0.312 e. The Kier molecular flexibility index (Phi) is 7.10. The molecule has 0 aromatic heterocycles. The summed E-state index contributed by atoms with van der Waals surface area (Å²) in [5.41, 5.74) is 7.11. The number of rotatable bonds is 6. The first-order chi connectivity index (χ1) is 12.0. The molecule has 3 amide bonds. The minimum atomic E-state index is -0.683. The molecule has 6 heteroatoms. The van der Waals surface area contributed by atoms with Crippen LogP contribution >= 0.6 is 0 Å². The Labute approximate surface area is 150 Å². The average Bonchev–Trinajstić information content (AvgIpc) is 2.89. The number of nitrogens with one attached hydrogen (secondary N) is 2. The van der Waals surface area contributed by atoms with Gasteiger partial charge in [-0.1, -0.05) is 33.1 Å². The number of amides is 3. The molecule has 2 rings (SSSR count). The summed E-state index contributed by atoms with van der Waals surface area (Å²) in [6.07, 6.45) is 5.83. The number of hydrogen-bond donors (Lipinski definition) is 3. The second kappa shape index (κ2) is 9.30. The van der Waals surface area contributed by atoms with Crippen LogP contribution in [0.3, 0.4) is 0 Å². The zero-order chi connectivity index (χ0) is 18.2. The van der Waals surface area contributed by atoms with Crippen LogP contribution in [-0.2, 0) is 4.79 Å². The van der Waals surface area contributed by atoms with E-state index in [2.05, 4.69) is 15.5 Å². The van der Waals surface area contributed by atoms with E-state index in [1.165, 1.54) is 31.4 Å². The van der Waals surface area contributed by atoms with E-state index in [4.69, 9.17) is 5.73 Å². The van der Waals surface area contributed by atoms with Crippen LogP contribution in [0.25, 0.3) is 0 Å². The molecule has 138 valence electrons. The molecular weight excluding hydrogens is 316 g/mol. The number of anilines is 2.